The molecular weight excluding hydrogens is 210 g/mol. The molecule has 0 bridgehead atoms. The van der Waals surface area contributed by atoms with Crippen LogP contribution in [0.3, 0.4) is 0 Å². The Labute approximate surface area is 94.3 Å². The lowest BCUT2D eigenvalue weighted by Gasteiger charge is -2.08. The summed E-state index contributed by atoms with van der Waals surface area (Å²) in [6.07, 6.45) is 0.674. The molecule has 0 aliphatic carbocycles. The van der Waals surface area contributed by atoms with E-state index < -0.39 is 12.9 Å². The molecule has 16 heavy (non-hydrogen) atoms. The molecule has 86 valence electrons. The van der Waals surface area contributed by atoms with Crippen molar-refractivity contribution in [1.82, 2.24) is 0 Å². The van der Waals surface area contributed by atoms with Crippen molar-refractivity contribution >= 4 is 12.6 Å². The standard InChI is InChI=1S/C11H14BFO3/c1-8(2)3-4-16-11-6-9(12(14)15)5-10(13)7-11/h5-7,14-15H,1,3-4H2,2H3. The van der Waals surface area contributed by atoms with Crippen molar-refractivity contribution in [2.45, 2.75) is 13.3 Å². The molecule has 5 heteroatoms. The average Bonchev–Trinajstić information content (AvgIpc) is 2.16. The van der Waals surface area contributed by atoms with Gasteiger partial charge in [-0.3, -0.25) is 0 Å². The van der Waals surface area contributed by atoms with Gasteiger partial charge in [-0.1, -0.05) is 5.57 Å². The Bertz CT molecular complexity index is 379. The van der Waals surface area contributed by atoms with Crippen LogP contribution in [0.25, 0.3) is 0 Å². The fourth-order valence-electron chi connectivity index (χ4n) is 1.16. The molecule has 1 aromatic rings. The molecule has 0 aliphatic rings. The summed E-state index contributed by atoms with van der Waals surface area (Å²) in [4.78, 5) is 0. The molecule has 0 radical (unpaired) electrons. The van der Waals surface area contributed by atoms with Crippen LogP contribution in [-0.2, 0) is 0 Å². The number of halogens is 1. The van der Waals surface area contributed by atoms with E-state index in [0.717, 1.165) is 11.6 Å². The van der Waals surface area contributed by atoms with E-state index in [-0.39, 0.29) is 11.2 Å². The molecule has 0 saturated heterocycles. The summed E-state index contributed by atoms with van der Waals surface area (Å²) in [5.41, 5.74) is 1.05. The van der Waals surface area contributed by atoms with Crippen LogP contribution < -0.4 is 10.2 Å². The average molecular weight is 224 g/mol. The first-order valence-corrected chi connectivity index (χ1v) is 4.93. The van der Waals surface area contributed by atoms with Gasteiger partial charge in [0.05, 0.1) is 6.61 Å². The maximum atomic E-state index is 13.1. The fraction of sp³-hybridized carbons (Fsp3) is 0.273. The molecular formula is C11H14BFO3. The van der Waals surface area contributed by atoms with E-state index in [1.165, 1.54) is 12.1 Å². The maximum absolute atomic E-state index is 13.1. The van der Waals surface area contributed by atoms with E-state index in [9.17, 15) is 4.39 Å². The second-order valence-corrected chi connectivity index (χ2v) is 3.65. The molecule has 3 nitrogen and oxygen atoms in total. The zero-order valence-corrected chi connectivity index (χ0v) is 9.11. The van der Waals surface area contributed by atoms with Crippen LogP contribution in [0.1, 0.15) is 13.3 Å². The van der Waals surface area contributed by atoms with Gasteiger partial charge < -0.3 is 14.8 Å². The van der Waals surface area contributed by atoms with Crippen molar-refractivity contribution in [2.75, 3.05) is 6.61 Å². The third kappa shape index (κ3) is 4.04. The summed E-state index contributed by atoms with van der Waals surface area (Å²) < 4.78 is 18.3. The molecule has 0 aromatic heterocycles. The minimum Gasteiger partial charge on any atom is -0.493 e. The number of ether oxygens (including phenoxy) is 1. The fourth-order valence-corrected chi connectivity index (χ4v) is 1.16. The lowest BCUT2D eigenvalue weighted by atomic mass is 9.80. The third-order valence-electron chi connectivity index (χ3n) is 1.99. The largest absolute Gasteiger partial charge is 0.493 e. The van der Waals surface area contributed by atoms with Gasteiger partial charge in [0.1, 0.15) is 11.6 Å². The van der Waals surface area contributed by atoms with Gasteiger partial charge in [0.25, 0.3) is 0 Å². The predicted molar refractivity (Wildman–Crippen MR) is 61.2 cm³/mol. The highest BCUT2D eigenvalue weighted by Gasteiger charge is 2.13. The highest BCUT2D eigenvalue weighted by molar-refractivity contribution is 6.58. The van der Waals surface area contributed by atoms with Crippen molar-refractivity contribution in [3.05, 3.63) is 36.2 Å². The topological polar surface area (TPSA) is 49.7 Å². The number of rotatable bonds is 5. The molecule has 0 spiro atoms. The quantitative estimate of drug-likeness (QED) is 0.575. The molecule has 0 amide bonds. The van der Waals surface area contributed by atoms with Crippen LogP contribution in [0, 0.1) is 5.82 Å². The van der Waals surface area contributed by atoms with Gasteiger partial charge in [0.15, 0.2) is 0 Å². The molecule has 0 aliphatic heterocycles. The van der Waals surface area contributed by atoms with Crippen molar-refractivity contribution in [1.29, 1.82) is 0 Å². The summed E-state index contributed by atoms with van der Waals surface area (Å²) in [5, 5.41) is 17.8. The van der Waals surface area contributed by atoms with Gasteiger partial charge in [0, 0.05) is 12.5 Å². The summed E-state index contributed by atoms with van der Waals surface area (Å²) in [7, 11) is -1.70. The molecule has 1 aromatic carbocycles. The molecule has 0 saturated carbocycles. The van der Waals surface area contributed by atoms with Gasteiger partial charge >= 0.3 is 7.12 Å². The van der Waals surface area contributed by atoms with Gasteiger partial charge in [-0.2, -0.15) is 0 Å². The van der Waals surface area contributed by atoms with E-state index in [4.69, 9.17) is 14.8 Å². The summed E-state index contributed by atoms with van der Waals surface area (Å²) in [6.45, 7) is 5.98. The molecule has 0 heterocycles. The SMILES string of the molecule is C=C(C)CCOc1cc(F)cc(B(O)O)c1. The Morgan fingerprint density at radius 2 is 2.12 bits per heavy atom. The van der Waals surface area contributed by atoms with Crippen LogP contribution in [0.5, 0.6) is 5.75 Å². The van der Waals surface area contributed by atoms with Crippen LogP contribution >= 0.6 is 0 Å². The number of benzene rings is 1. The van der Waals surface area contributed by atoms with Crippen molar-refractivity contribution in [2.24, 2.45) is 0 Å². The Morgan fingerprint density at radius 1 is 1.44 bits per heavy atom. The van der Waals surface area contributed by atoms with Crippen molar-refractivity contribution in [3.8, 4) is 5.75 Å². The van der Waals surface area contributed by atoms with E-state index in [1.54, 1.807) is 0 Å². The highest BCUT2D eigenvalue weighted by atomic mass is 19.1. The highest BCUT2D eigenvalue weighted by Crippen LogP contribution is 2.12. The van der Waals surface area contributed by atoms with E-state index >= 15 is 0 Å². The molecule has 2 N–H and O–H groups in total. The summed E-state index contributed by atoms with van der Waals surface area (Å²) >= 11 is 0. The molecule has 1 rings (SSSR count). The van der Waals surface area contributed by atoms with E-state index in [1.807, 2.05) is 6.92 Å². The lowest BCUT2D eigenvalue weighted by molar-refractivity contribution is 0.320. The Morgan fingerprint density at radius 3 is 2.69 bits per heavy atom. The normalized spacial score (nSPS) is 10.0. The Hall–Kier alpha value is -1.33. The van der Waals surface area contributed by atoms with Gasteiger partial charge in [-0.05, 0) is 24.5 Å². The van der Waals surface area contributed by atoms with Crippen LogP contribution in [0.4, 0.5) is 4.39 Å². The number of hydrogen-bond donors (Lipinski definition) is 2. The van der Waals surface area contributed by atoms with Gasteiger partial charge in [-0.15, -0.1) is 6.58 Å². The van der Waals surface area contributed by atoms with Crippen molar-refractivity contribution < 1.29 is 19.2 Å². The van der Waals surface area contributed by atoms with Gasteiger partial charge in [-0.25, -0.2) is 4.39 Å². The predicted octanol–water partition coefficient (Wildman–Crippen LogP) is 0.850. The second-order valence-electron chi connectivity index (χ2n) is 3.65. The van der Waals surface area contributed by atoms with Crippen LogP contribution in [0.15, 0.2) is 30.4 Å². The monoisotopic (exact) mass is 224 g/mol. The first-order valence-electron chi connectivity index (χ1n) is 4.93. The van der Waals surface area contributed by atoms with Crippen LogP contribution in [-0.4, -0.2) is 23.8 Å². The van der Waals surface area contributed by atoms with Crippen LogP contribution in [0.2, 0.25) is 0 Å². The Balaban J connectivity index is 2.69. The summed E-state index contributed by atoms with van der Waals surface area (Å²) in [6, 6.07) is 3.65. The molecule has 0 fully saturated rings. The maximum Gasteiger partial charge on any atom is 0.488 e. The second kappa shape index (κ2) is 5.68. The third-order valence-corrected chi connectivity index (χ3v) is 1.99. The van der Waals surface area contributed by atoms with Gasteiger partial charge in [0.2, 0.25) is 0 Å². The first-order chi connectivity index (χ1) is 7.49. The minimum absolute atomic E-state index is 0.0744. The molecule has 0 atom stereocenters. The van der Waals surface area contributed by atoms with E-state index in [0.29, 0.717) is 13.0 Å². The zero-order valence-electron chi connectivity index (χ0n) is 9.11. The minimum atomic E-state index is -1.70. The molecule has 0 unspecified atom stereocenters. The first kappa shape index (κ1) is 12.7. The number of hydrogen-bond acceptors (Lipinski definition) is 3. The smallest absolute Gasteiger partial charge is 0.488 e. The van der Waals surface area contributed by atoms with E-state index in [2.05, 4.69) is 6.58 Å². The lowest BCUT2D eigenvalue weighted by Crippen LogP contribution is -2.30. The zero-order chi connectivity index (χ0) is 12.1. The Kier molecular flexibility index (Phi) is 4.52. The summed E-state index contributed by atoms with van der Waals surface area (Å²) in [5.74, 6) is -0.278. The van der Waals surface area contributed by atoms with Crippen molar-refractivity contribution in [3.63, 3.8) is 0 Å².